The molecule has 0 rings (SSSR count). The zero-order chi connectivity index (χ0) is 14.8. The van der Waals surface area contributed by atoms with E-state index in [0.717, 1.165) is 25.9 Å². The summed E-state index contributed by atoms with van der Waals surface area (Å²) in [6.45, 7) is 10.8. The van der Waals surface area contributed by atoms with Crippen LogP contribution in [0.25, 0.3) is 0 Å². The molecule has 0 aromatic carbocycles. The SMILES string of the molecule is CCC[C@@H]([C@@H](COC(C)=O)OC(C)=O)N(CC)CC. The van der Waals surface area contributed by atoms with Crippen LogP contribution in [0.1, 0.15) is 47.5 Å². The molecule has 2 atom stereocenters. The number of carbonyl (C=O) groups excluding carboxylic acids is 2. The van der Waals surface area contributed by atoms with Crippen LogP contribution in [0.15, 0.2) is 0 Å². The van der Waals surface area contributed by atoms with Crippen molar-refractivity contribution in [2.75, 3.05) is 19.7 Å². The maximum atomic E-state index is 11.2. The molecule has 0 amide bonds. The molecule has 112 valence electrons. The average molecular weight is 273 g/mol. The topological polar surface area (TPSA) is 55.8 Å². The number of carbonyl (C=O) groups is 2. The van der Waals surface area contributed by atoms with Gasteiger partial charge in [-0.3, -0.25) is 14.5 Å². The van der Waals surface area contributed by atoms with Crippen LogP contribution in [-0.2, 0) is 19.1 Å². The molecule has 0 bridgehead atoms. The van der Waals surface area contributed by atoms with Crippen LogP contribution < -0.4 is 0 Å². The highest BCUT2D eigenvalue weighted by Gasteiger charge is 2.28. The predicted octanol–water partition coefficient (Wildman–Crippen LogP) is 1.99. The van der Waals surface area contributed by atoms with Crippen molar-refractivity contribution < 1.29 is 19.1 Å². The molecule has 0 aliphatic rings. The van der Waals surface area contributed by atoms with E-state index in [1.807, 2.05) is 0 Å². The normalized spacial score (nSPS) is 14.0. The third-order valence-corrected chi connectivity index (χ3v) is 3.06. The summed E-state index contributed by atoms with van der Waals surface area (Å²) in [5, 5.41) is 0. The Kier molecular flexibility index (Phi) is 9.21. The molecule has 0 N–H and O–H groups in total. The summed E-state index contributed by atoms with van der Waals surface area (Å²) in [6, 6.07) is 0.0863. The number of hydrogen-bond acceptors (Lipinski definition) is 5. The van der Waals surface area contributed by atoms with E-state index < -0.39 is 6.10 Å². The first kappa shape index (κ1) is 17.9. The number of nitrogens with zero attached hydrogens (tertiary/aromatic N) is 1. The van der Waals surface area contributed by atoms with E-state index in [4.69, 9.17) is 9.47 Å². The van der Waals surface area contributed by atoms with Gasteiger partial charge in [0.1, 0.15) is 6.61 Å². The molecule has 0 saturated carbocycles. The molecule has 0 radical (unpaired) electrons. The largest absolute Gasteiger partial charge is 0.462 e. The summed E-state index contributed by atoms with van der Waals surface area (Å²) in [5.41, 5.74) is 0. The zero-order valence-corrected chi connectivity index (χ0v) is 12.8. The minimum atomic E-state index is -0.402. The standard InChI is InChI=1S/C14H27NO4/c1-6-9-13(15(7-2)8-3)14(19-12(5)17)10-18-11(4)16/h13-14H,6-10H2,1-5H3/t13-,14+/m0/s1. The van der Waals surface area contributed by atoms with Gasteiger partial charge in [-0.1, -0.05) is 27.2 Å². The van der Waals surface area contributed by atoms with Crippen LogP contribution in [0.2, 0.25) is 0 Å². The van der Waals surface area contributed by atoms with Crippen LogP contribution in [0.3, 0.4) is 0 Å². The van der Waals surface area contributed by atoms with Gasteiger partial charge in [0.15, 0.2) is 6.10 Å². The van der Waals surface area contributed by atoms with Gasteiger partial charge in [-0.25, -0.2) is 0 Å². The van der Waals surface area contributed by atoms with Crippen molar-refractivity contribution in [3.63, 3.8) is 0 Å². The fourth-order valence-electron chi connectivity index (χ4n) is 2.23. The molecule has 0 spiro atoms. The summed E-state index contributed by atoms with van der Waals surface area (Å²) in [4.78, 5) is 24.4. The van der Waals surface area contributed by atoms with Crippen LogP contribution in [0.5, 0.6) is 0 Å². The van der Waals surface area contributed by atoms with E-state index in [9.17, 15) is 9.59 Å². The first-order chi connectivity index (χ1) is 8.96. The second-order valence-corrected chi connectivity index (χ2v) is 4.53. The highest BCUT2D eigenvalue weighted by atomic mass is 16.6. The van der Waals surface area contributed by atoms with Gasteiger partial charge in [0, 0.05) is 13.8 Å². The summed E-state index contributed by atoms with van der Waals surface area (Å²) >= 11 is 0. The third-order valence-electron chi connectivity index (χ3n) is 3.06. The van der Waals surface area contributed by atoms with Gasteiger partial charge in [-0.05, 0) is 19.5 Å². The summed E-state index contributed by atoms with van der Waals surface area (Å²) < 4.78 is 10.4. The van der Waals surface area contributed by atoms with E-state index in [-0.39, 0.29) is 24.6 Å². The van der Waals surface area contributed by atoms with E-state index in [1.54, 1.807) is 0 Å². The maximum absolute atomic E-state index is 11.2. The maximum Gasteiger partial charge on any atom is 0.303 e. The lowest BCUT2D eigenvalue weighted by atomic mass is 10.0. The Morgan fingerprint density at radius 2 is 1.63 bits per heavy atom. The Morgan fingerprint density at radius 3 is 2.00 bits per heavy atom. The Hall–Kier alpha value is -1.10. The van der Waals surface area contributed by atoms with Crippen LogP contribution in [0.4, 0.5) is 0 Å². The Labute approximate surface area is 116 Å². The molecule has 0 aromatic heterocycles. The third kappa shape index (κ3) is 7.15. The number of rotatable bonds is 9. The minimum Gasteiger partial charge on any atom is -0.462 e. The predicted molar refractivity (Wildman–Crippen MR) is 73.8 cm³/mol. The molecule has 19 heavy (non-hydrogen) atoms. The van der Waals surface area contributed by atoms with E-state index in [0.29, 0.717) is 0 Å². The molecule has 0 unspecified atom stereocenters. The van der Waals surface area contributed by atoms with Crippen molar-refractivity contribution in [1.82, 2.24) is 4.90 Å². The number of ether oxygens (including phenoxy) is 2. The van der Waals surface area contributed by atoms with Crippen molar-refractivity contribution in [1.29, 1.82) is 0 Å². The smallest absolute Gasteiger partial charge is 0.303 e. The Bertz CT molecular complexity index is 277. The molecule has 0 aliphatic carbocycles. The van der Waals surface area contributed by atoms with Gasteiger partial charge in [0.05, 0.1) is 6.04 Å². The second-order valence-electron chi connectivity index (χ2n) is 4.53. The Balaban J connectivity index is 4.87. The van der Waals surface area contributed by atoms with Crippen LogP contribution in [-0.4, -0.2) is 48.7 Å². The lowest BCUT2D eigenvalue weighted by molar-refractivity contribution is -0.161. The molecule has 5 nitrogen and oxygen atoms in total. The molecule has 0 aliphatic heterocycles. The van der Waals surface area contributed by atoms with Gasteiger partial charge < -0.3 is 9.47 Å². The monoisotopic (exact) mass is 273 g/mol. The molecule has 0 heterocycles. The van der Waals surface area contributed by atoms with Gasteiger partial charge in [-0.2, -0.15) is 0 Å². The van der Waals surface area contributed by atoms with Crippen molar-refractivity contribution >= 4 is 11.9 Å². The van der Waals surface area contributed by atoms with Crippen molar-refractivity contribution in [3.05, 3.63) is 0 Å². The van der Waals surface area contributed by atoms with Crippen LogP contribution >= 0.6 is 0 Å². The first-order valence-electron chi connectivity index (χ1n) is 7.00. The van der Waals surface area contributed by atoms with Gasteiger partial charge >= 0.3 is 11.9 Å². The van der Waals surface area contributed by atoms with Gasteiger partial charge in [0.25, 0.3) is 0 Å². The fraction of sp³-hybridized carbons (Fsp3) is 0.857. The highest BCUT2D eigenvalue weighted by Crippen LogP contribution is 2.15. The van der Waals surface area contributed by atoms with Gasteiger partial charge in [-0.15, -0.1) is 0 Å². The lowest BCUT2D eigenvalue weighted by Crippen LogP contribution is -2.47. The molecule has 5 heteroatoms. The van der Waals surface area contributed by atoms with E-state index in [2.05, 4.69) is 25.7 Å². The first-order valence-corrected chi connectivity index (χ1v) is 7.00. The Morgan fingerprint density at radius 1 is 1.05 bits per heavy atom. The van der Waals surface area contributed by atoms with Crippen molar-refractivity contribution in [2.45, 2.75) is 59.6 Å². The van der Waals surface area contributed by atoms with E-state index in [1.165, 1.54) is 13.8 Å². The van der Waals surface area contributed by atoms with Crippen molar-refractivity contribution in [3.8, 4) is 0 Å². The molecule has 0 fully saturated rings. The fourth-order valence-corrected chi connectivity index (χ4v) is 2.23. The van der Waals surface area contributed by atoms with E-state index >= 15 is 0 Å². The quantitative estimate of drug-likeness (QED) is 0.601. The highest BCUT2D eigenvalue weighted by molar-refractivity contribution is 5.67. The number of esters is 2. The summed E-state index contributed by atoms with van der Waals surface area (Å²) in [7, 11) is 0. The minimum absolute atomic E-state index is 0.0863. The number of hydrogen-bond donors (Lipinski definition) is 0. The molecule has 0 aromatic rings. The molecular weight excluding hydrogens is 246 g/mol. The van der Waals surface area contributed by atoms with Crippen LogP contribution in [0, 0.1) is 0 Å². The summed E-state index contributed by atoms with van der Waals surface area (Å²) in [6.07, 6.45) is 1.49. The lowest BCUT2D eigenvalue weighted by Gasteiger charge is -2.34. The van der Waals surface area contributed by atoms with Gasteiger partial charge in [0.2, 0.25) is 0 Å². The van der Waals surface area contributed by atoms with Crippen molar-refractivity contribution in [2.24, 2.45) is 0 Å². The second kappa shape index (κ2) is 9.78. The molecule has 0 saturated heterocycles. The average Bonchev–Trinajstić information content (AvgIpc) is 2.34. The number of likely N-dealkylation sites (N-methyl/N-ethyl adjacent to an activating group) is 1. The zero-order valence-electron chi connectivity index (χ0n) is 12.8. The summed E-state index contributed by atoms with van der Waals surface area (Å²) in [5.74, 6) is -0.697. The molecular formula is C14H27NO4.